The summed E-state index contributed by atoms with van der Waals surface area (Å²) in [6.45, 7) is 2.17. The van der Waals surface area contributed by atoms with Crippen LogP contribution in [0.1, 0.15) is 18.5 Å². The molecule has 1 aliphatic heterocycles. The van der Waals surface area contributed by atoms with Crippen LogP contribution >= 0.6 is 11.8 Å². The first-order chi connectivity index (χ1) is 7.40. The minimum Gasteiger partial charge on any atom is -0.381 e. The molecular formula is C10H15N3OS. The van der Waals surface area contributed by atoms with Crippen molar-refractivity contribution in [3.05, 3.63) is 18.1 Å². The van der Waals surface area contributed by atoms with E-state index < -0.39 is 0 Å². The van der Waals surface area contributed by atoms with Gasteiger partial charge in [-0.25, -0.2) is 4.98 Å². The lowest BCUT2D eigenvalue weighted by Gasteiger charge is -2.21. The highest BCUT2D eigenvalue weighted by Crippen LogP contribution is 2.29. The molecule has 1 aromatic rings. The van der Waals surface area contributed by atoms with Crippen LogP contribution in [0.25, 0.3) is 0 Å². The zero-order valence-corrected chi connectivity index (χ0v) is 9.37. The molecule has 2 N–H and O–H groups in total. The minimum absolute atomic E-state index is 0.458. The van der Waals surface area contributed by atoms with Crippen molar-refractivity contribution in [3.63, 3.8) is 0 Å². The molecule has 0 aromatic carbocycles. The van der Waals surface area contributed by atoms with E-state index in [-0.39, 0.29) is 0 Å². The third kappa shape index (κ3) is 2.90. The summed E-state index contributed by atoms with van der Waals surface area (Å²) < 4.78 is 5.32. The van der Waals surface area contributed by atoms with Crippen molar-refractivity contribution in [2.45, 2.75) is 29.7 Å². The Morgan fingerprint density at radius 1 is 1.33 bits per heavy atom. The second-order valence-electron chi connectivity index (χ2n) is 3.44. The Kier molecular flexibility index (Phi) is 3.94. The number of nitrogens with two attached hydrogens (primary N) is 1. The van der Waals surface area contributed by atoms with Crippen LogP contribution in [0.4, 0.5) is 0 Å². The second kappa shape index (κ2) is 5.44. The number of nitrogens with zero attached hydrogens (tertiary/aromatic N) is 2. The summed E-state index contributed by atoms with van der Waals surface area (Å²) in [5, 5.41) is 1.58. The SMILES string of the molecule is NCc1nccnc1SC1CCOCC1. The van der Waals surface area contributed by atoms with Gasteiger partial charge in [-0.2, -0.15) is 0 Å². The molecule has 1 aromatic heterocycles. The van der Waals surface area contributed by atoms with Crippen LogP contribution in [0.3, 0.4) is 0 Å². The van der Waals surface area contributed by atoms with E-state index in [2.05, 4.69) is 9.97 Å². The van der Waals surface area contributed by atoms with Gasteiger partial charge in [-0.15, -0.1) is 11.8 Å². The van der Waals surface area contributed by atoms with Crippen molar-refractivity contribution < 1.29 is 4.74 Å². The van der Waals surface area contributed by atoms with Crippen LogP contribution in [-0.2, 0) is 11.3 Å². The number of aromatic nitrogens is 2. The molecule has 2 heterocycles. The summed E-state index contributed by atoms with van der Waals surface area (Å²) in [6.07, 6.45) is 5.59. The van der Waals surface area contributed by atoms with Gasteiger partial charge >= 0.3 is 0 Å². The van der Waals surface area contributed by atoms with Crippen molar-refractivity contribution in [2.24, 2.45) is 5.73 Å². The van der Waals surface area contributed by atoms with Crippen molar-refractivity contribution in [2.75, 3.05) is 13.2 Å². The minimum atomic E-state index is 0.458. The van der Waals surface area contributed by atoms with E-state index in [1.165, 1.54) is 0 Å². The predicted molar refractivity (Wildman–Crippen MR) is 59.6 cm³/mol. The average molecular weight is 225 g/mol. The lowest BCUT2D eigenvalue weighted by atomic mass is 10.2. The first-order valence-corrected chi connectivity index (χ1v) is 6.02. The van der Waals surface area contributed by atoms with E-state index in [0.717, 1.165) is 36.8 Å². The molecule has 0 amide bonds. The van der Waals surface area contributed by atoms with Crippen molar-refractivity contribution in [1.82, 2.24) is 9.97 Å². The molecule has 2 rings (SSSR count). The molecule has 0 unspecified atom stereocenters. The maximum absolute atomic E-state index is 5.62. The van der Waals surface area contributed by atoms with Crippen LogP contribution in [-0.4, -0.2) is 28.4 Å². The van der Waals surface area contributed by atoms with Gasteiger partial charge in [0.1, 0.15) is 5.03 Å². The highest BCUT2D eigenvalue weighted by Gasteiger charge is 2.17. The van der Waals surface area contributed by atoms with Crippen molar-refractivity contribution >= 4 is 11.8 Å². The van der Waals surface area contributed by atoms with Gasteiger partial charge in [-0.1, -0.05) is 0 Å². The van der Waals surface area contributed by atoms with Gasteiger partial charge in [0, 0.05) is 37.4 Å². The molecule has 82 valence electrons. The quantitative estimate of drug-likeness (QED) is 0.837. The van der Waals surface area contributed by atoms with E-state index in [0.29, 0.717) is 11.8 Å². The number of rotatable bonds is 3. The molecule has 5 heteroatoms. The fourth-order valence-electron chi connectivity index (χ4n) is 1.54. The molecule has 1 saturated heterocycles. The smallest absolute Gasteiger partial charge is 0.119 e. The van der Waals surface area contributed by atoms with Crippen LogP contribution < -0.4 is 5.73 Å². The van der Waals surface area contributed by atoms with Gasteiger partial charge in [0.15, 0.2) is 0 Å². The number of thioether (sulfide) groups is 1. The molecular weight excluding hydrogens is 210 g/mol. The molecule has 0 radical (unpaired) electrons. The predicted octanol–water partition coefficient (Wildman–Crippen LogP) is 1.21. The molecule has 15 heavy (non-hydrogen) atoms. The fourth-order valence-corrected chi connectivity index (χ4v) is 2.68. The van der Waals surface area contributed by atoms with E-state index in [1.807, 2.05) is 0 Å². The van der Waals surface area contributed by atoms with E-state index in [1.54, 1.807) is 24.2 Å². The highest BCUT2D eigenvalue weighted by molar-refractivity contribution is 7.99. The topological polar surface area (TPSA) is 61.0 Å². The summed E-state index contributed by atoms with van der Waals surface area (Å²) in [5.41, 5.74) is 6.51. The molecule has 0 spiro atoms. The van der Waals surface area contributed by atoms with Crippen LogP contribution in [0.5, 0.6) is 0 Å². The first-order valence-electron chi connectivity index (χ1n) is 5.14. The van der Waals surface area contributed by atoms with Gasteiger partial charge in [0.05, 0.1) is 5.69 Å². The summed E-state index contributed by atoms with van der Waals surface area (Å²) in [4.78, 5) is 8.55. The van der Waals surface area contributed by atoms with E-state index >= 15 is 0 Å². The summed E-state index contributed by atoms with van der Waals surface area (Å²) in [6, 6.07) is 0. The molecule has 0 bridgehead atoms. The summed E-state index contributed by atoms with van der Waals surface area (Å²) in [5.74, 6) is 0. The van der Waals surface area contributed by atoms with Gasteiger partial charge < -0.3 is 10.5 Å². The van der Waals surface area contributed by atoms with Gasteiger partial charge in [-0.05, 0) is 12.8 Å². The zero-order valence-electron chi connectivity index (χ0n) is 8.56. The second-order valence-corrected chi connectivity index (χ2v) is 4.73. The normalized spacial score (nSPS) is 17.9. The molecule has 0 atom stereocenters. The van der Waals surface area contributed by atoms with Crippen molar-refractivity contribution in [3.8, 4) is 0 Å². The maximum Gasteiger partial charge on any atom is 0.119 e. The van der Waals surface area contributed by atoms with Gasteiger partial charge in [0.2, 0.25) is 0 Å². The first kappa shape index (κ1) is 10.9. The fraction of sp³-hybridized carbons (Fsp3) is 0.600. The summed E-state index contributed by atoms with van der Waals surface area (Å²) in [7, 11) is 0. The molecule has 1 fully saturated rings. The lowest BCUT2D eigenvalue weighted by molar-refractivity contribution is 0.1000. The molecule has 1 aliphatic rings. The van der Waals surface area contributed by atoms with Crippen LogP contribution in [0.15, 0.2) is 17.4 Å². The standard InChI is InChI=1S/C10H15N3OS/c11-7-9-10(13-4-3-12-9)15-8-1-5-14-6-2-8/h3-4,8H,1-2,5-7,11H2. The van der Waals surface area contributed by atoms with Gasteiger partial charge in [-0.3, -0.25) is 4.98 Å². The molecule has 4 nitrogen and oxygen atoms in total. The third-order valence-electron chi connectivity index (χ3n) is 2.38. The largest absolute Gasteiger partial charge is 0.381 e. The monoisotopic (exact) mass is 225 g/mol. The Hall–Kier alpha value is -0.650. The Labute approximate surface area is 93.6 Å². The Bertz CT molecular complexity index is 315. The average Bonchev–Trinajstić information content (AvgIpc) is 2.31. The summed E-state index contributed by atoms with van der Waals surface area (Å²) >= 11 is 1.78. The number of hydrogen-bond donors (Lipinski definition) is 1. The number of hydrogen-bond acceptors (Lipinski definition) is 5. The number of ether oxygens (including phenoxy) is 1. The van der Waals surface area contributed by atoms with Crippen LogP contribution in [0.2, 0.25) is 0 Å². The third-order valence-corrected chi connectivity index (χ3v) is 3.74. The van der Waals surface area contributed by atoms with Crippen molar-refractivity contribution in [1.29, 1.82) is 0 Å². The Morgan fingerprint density at radius 3 is 2.80 bits per heavy atom. The van der Waals surface area contributed by atoms with E-state index in [4.69, 9.17) is 10.5 Å². The zero-order chi connectivity index (χ0) is 10.5. The Morgan fingerprint density at radius 2 is 2.07 bits per heavy atom. The highest BCUT2D eigenvalue weighted by atomic mass is 32.2. The molecule has 0 saturated carbocycles. The van der Waals surface area contributed by atoms with Gasteiger partial charge in [0.25, 0.3) is 0 Å². The van der Waals surface area contributed by atoms with E-state index in [9.17, 15) is 0 Å². The Balaban J connectivity index is 2.02. The van der Waals surface area contributed by atoms with Crippen LogP contribution in [0, 0.1) is 0 Å². The molecule has 0 aliphatic carbocycles. The lowest BCUT2D eigenvalue weighted by Crippen LogP contribution is -2.18. The maximum atomic E-state index is 5.62.